The summed E-state index contributed by atoms with van der Waals surface area (Å²) >= 11 is 0. The van der Waals surface area contributed by atoms with E-state index in [1.54, 1.807) is 6.92 Å². The second-order valence-electron chi connectivity index (χ2n) is 5.42. The Bertz CT molecular complexity index is 592. The number of urea groups is 1. The molecule has 1 heterocycles. The topological polar surface area (TPSA) is 84.7 Å². The molecule has 1 aromatic rings. The first-order chi connectivity index (χ1) is 10.4. The summed E-state index contributed by atoms with van der Waals surface area (Å²) in [6, 6.07) is 2.38. The molecule has 120 valence electrons. The Morgan fingerprint density at radius 3 is 2.82 bits per heavy atom. The fourth-order valence-electron chi connectivity index (χ4n) is 2.53. The van der Waals surface area contributed by atoms with Gasteiger partial charge in [0.05, 0.1) is 13.0 Å². The number of aryl methyl sites for hydroxylation is 1. The molecule has 0 bridgehead atoms. The molecule has 1 saturated heterocycles. The van der Waals surface area contributed by atoms with E-state index in [9.17, 15) is 14.0 Å². The van der Waals surface area contributed by atoms with Gasteiger partial charge in [-0.1, -0.05) is 0 Å². The van der Waals surface area contributed by atoms with E-state index >= 15 is 0 Å². The smallest absolute Gasteiger partial charge is 0.321 e. The molecule has 1 atom stereocenters. The third kappa shape index (κ3) is 3.47. The fraction of sp³-hybridized carbons (Fsp3) is 0.467. The van der Waals surface area contributed by atoms with Gasteiger partial charge in [0.1, 0.15) is 0 Å². The molecule has 3 N–H and O–H groups in total. The number of likely N-dealkylation sites (tertiary alicyclic amines) is 1. The minimum Gasteiger partial charge on any atom is -0.494 e. The summed E-state index contributed by atoms with van der Waals surface area (Å²) in [6.07, 6.45) is 1.41. The van der Waals surface area contributed by atoms with Crippen LogP contribution in [0, 0.1) is 18.7 Å². The number of rotatable bonds is 3. The SMILES string of the molecule is COc1cc(C)c(NC(=O)N2CCC[C@H](C(N)=O)C2)cc1F. The number of anilines is 1. The van der Waals surface area contributed by atoms with Crippen LogP contribution in [0.2, 0.25) is 0 Å². The van der Waals surface area contributed by atoms with E-state index in [1.165, 1.54) is 24.1 Å². The van der Waals surface area contributed by atoms with Gasteiger partial charge in [0.15, 0.2) is 11.6 Å². The summed E-state index contributed by atoms with van der Waals surface area (Å²) in [6.45, 7) is 2.59. The molecule has 0 saturated carbocycles. The van der Waals surface area contributed by atoms with Crippen LogP contribution in [-0.2, 0) is 4.79 Å². The van der Waals surface area contributed by atoms with Crippen molar-refractivity contribution in [2.75, 3.05) is 25.5 Å². The van der Waals surface area contributed by atoms with Gasteiger partial charge in [-0.25, -0.2) is 9.18 Å². The number of halogens is 1. The zero-order chi connectivity index (χ0) is 16.3. The largest absolute Gasteiger partial charge is 0.494 e. The number of nitrogens with two attached hydrogens (primary N) is 1. The van der Waals surface area contributed by atoms with E-state index in [0.29, 0.717) is 30.8 Å². The van der Waals surface area contributed by atoms with Crippen LogP contribution in [0.1, 0.15) is 18.4 Å². The normalized spacial score (nSPS) is 18.0. The first-order valence-corrected chi connectivity index (χ1v) is 7.11. The zero-order valence-electron chi connectivity index (χ0n) is 12.7. The van der Waals surface area contributed by atoms with E-state index < -0.39 is 11.7 Å². The van der Waals surface area contributed by atoms with Gasteiger partial charge in [-0.2, -0.15) is 0 Å². The lowest BCUT2D eigenvalue weighted by Crippen LogP contribution is -2.45. The number of primary amides is 1. The summed E-state index contributed by atoms with van der Waals surface area (Å²) in [4.78, 5) is 25.0. The van der Waals surface area contributed by atoms with Gasteiger partial charge in [0, 0.05) is 24.8 Å². The standard InChI is InChI=1S/C15H20FN3O3/c1-9-6-13(22-2)11(16)7-12(9)18-15(21)19-5-3-4-10(8-19)14(17)20/h6-7,10H,3-5,8H2,1-2H3,(H2,17,20)(H,18,21)/t10-/m0/s1. The van der Waals surface area contributed by atoms with Crippen LogP contribution in [0.3, 0.4) is 0 Å². The summed E-state index contributed by atoms with van der Waals surface area (Å²) in [5.74, 6) is -1.14. The molecule has 22 heavy (non-hydrogen) atoms. The molecular weight excluding hydrogens is 289 g/mol. The van der Waals surface area contributed by atoms with E-state index in [2.05, 4.69) is 5.32 Å². The van der Waals surface area contributed by atoms with Crippen LogP contribution in [0.5, 0.6) is 5.75 Å². The Morgan fingerprint density at radius 1 is 1.45 bits per heavy atom. The van der Waals surface area contributed by atoms with E-state index in [4.69, 9.17) is 10.5 Å². The van der Waals surface area contributed by atoms with Crippen molar-refractivity contribution in [1.29, 1.82) is 0 Å². The predicted molar refractivity (Wildman–Crippen MR) is 80.2 cm³/mol. The molecule has 7 heteroatoms. The maximum absolute atomic E-state index is 13.7. The number of carbonyl (C=O) groups excluding carboxylic acids is 2. The molecule has 1 aliphatic rings. The fourth-order valence-corrected chi connectivity index (χ4v) is 2.53. The highest BCUT2D eigenvalue weighted by atomic mass is 19.1. The van der Waals surface area contributed by atoms with Crippen LogP contribution in [0.4, 0.5) is 14.9 Å². The number of hydrogen-bond acceptors (Lipinski definition) is 3. The molecule has 0 aromatic heterocycles. The maximum atomic E-state index is 13.7. The number of nitrogens with zero attached hydrogens (tertiary/aromatic N) is 1. The molecule has 1 fully saturated rings. The van der Waals surface area contributed by atoms with Crippen LogP contribution in [-0.4, -0.2) is 37.0 Å². The van der Waals surface area contributed by atoms with Crippen molar-refractivity contribution in [2.24, 2.45) is 11.7 Å². The highest BCUT2D eigenvalue weighted by Crippen LogP contribution is 2.26. The molecule has 1 aliphatic heterocycles. The molecule has 6 nitrogen and oxygen atoms in total. The Hall–Kier alpha value is -2.31. The third-order valence-corrected chi connectivity index (χ3v) is 3.85. The highest BCUT2D eigenvalue weighted by molar-refractivity contribution is 5.91. The maximum Gasteiger partial charge on any atom is 0.321 e. The molecule has 0 aliphatic carbocycles. The Kier molecular flexibility index (Phi) is 4.85. The van der Waals surface area contributed by atoms with Crippen molar-refractivity contribution in [3.8, 4) is 5.75 Å². The van der Waals surface area contributed by atoms with Crippen LogP contribution in [0.15, 0.2) is 12.1 Å². The summed E-state index contributed by atoms with van der Waals surface area (Å²) < 4.78 is 18.6. The zero-order valence-corrected chi connectivity index (χ0v) is 12.7. The van der Waals surface area contributed by atoms with Crippen LogP contribution < -0.4 is 15.8 Å². The van der Waals surface area contributed by atoms with E-state index in [-0.39, 0.29) is 17.7 Å². The van der Waals surface area contributed by atoms with Gasteiger partial charge in [-0.3, -0.25) is 4.79 Å². The number of nitrogens with one attached hydrogen (secondary N) is 1. The third-order valence-electron chi connectivity index (χ3n) is 3.85. The average Bonchev–Trinajstić information content (AvgIpc) is 2.50. The van der Waals surface area contributed by atoms with E-state index in [1.807, 2.05) is 0 Å². The van der Waals surface area contributed by atoms with Gasteiger partial charge in [0.2, 0.25) is 5.91 Å². The van der Waals surface area contributed by atoms with Crippen molar-refractivity contribution in [2.45, 2.75) is 19.8 Å². The molecule has 0 unspecified atom stereocenters. The van der Waals surface area contributed by atoms with Gasteiger partial charge in [0.25, 0.3) is 0 Å². The highest BCUT2D eigenvalue weighted by Gasteiger charge is 2.27. The number of hydrogen-bond donors (Lipinski definition) is 2. The van der Waals surface area contributed by atoms with Crippen molar-refractivity contribution in [3.63, 3.8) is 0 Å². The monoisotopic (exact) mass is 309 g/mol. The predicted octanol–water partition coefficient (Wildman–Crippen LogP) is 1.87. The van der Waals surface area contributed by atoms with Gasteiger partial charge < -0.3 is 20.7 Å². The second-order valence-corrected chi connectivity index (χ2v) is 5.42. The number of ether oxygens (including phenoxy) is 1. The van der Waals surface area contributed by atoms with Crippen LogP contribution >= 0.6 is 0 Å². The first kappa shape index (κ1) is 16.1. The van der Waals surface area contributed by atoms with Crippen LogP contribution in [0.25, 0.3) is 0 Å². The molecule has 3 amide bonds. The lowest BCUT2D eigenvalue weighted by Gasteiger charge is -2.31. The Balaban J connectivity index is 2.08. The number of methoxy groups -OCH3 is 1. The van der Waals surface area contributed by atoms with Crippen molar-refractivity contribution < 1.29 is 18.7 Å². The second kappa shape index (κ2) is 6.64. The lowest BCUT2D eigenvalue weighted by molar-refractivity contribution is -0.123. The molecule has 1 aromatic carbocycles. The molecular formula is C15H20FN3O3. The van der Waals surface area contributed by atoms with Crippen molar-refractivity contribution in [3.05, 3.63) is 23.5 Å². The molecule has 0 radical (unpaired) electrons. The van der Waals surface area contributed by atoms with Crippen molar-refractivity contribution in [1.82, 2.24) is 4.90 Å². The number of carbonyl (C=O) groups is 2. The Morgan fingerprint density at radius 2 is 2.18 bits per heavy atom. The van der Waals surface area contributed by atoms with Gasteiger partial charge in [-0.15, -0.1) is 0 Å². The number of piperidine rings is 1. The van der Waals surface area contributed by atoms with E-state index in [0.717, 1.165) is 6.42 Å². The first-order valence-electron chi connectivity index (χ1n) is 7.11. The minimum absolute atomic E-state index is 0.127. The summed E-state index contributed by atoms with van der Waals surface area (Å²) in [5, 5.41) is 2.67. The Labute approximate surface area is 128 Å². The number of benzene rings is 1. The van der Waals surface area contributed by atoms with Gasteiger partial charge in [-0.05, 0) is 31.4 Å². The quantitative estimate of drug-likeness (QED) is 0.894. The molecule has 2 rings (SSSR count). The molecule has 0 spiro atoms. The number of amides is 3. The van der Waals surface area contributed by atoms with Crippen molar-refractivity contribution >= 4 is 17.6 Å². The summed E-state index contributed by atoms with van der Waals surface area (Å²) in [7, 11) is 1.38. The lowest BCUT2D eigenvalue weighted by atomic mass is 9.98. The minimum atomic E-state index is -0.544. The van der Waals surface area contributed by atoms with Gasteiger partial charge >= 0.3 is 6.03 Å². The average molecular weight is 309 g/mol. The summed E-state index contributed by atoms with van der Waals surface area (Å²) in [5.41, 5.74) is 6.37.